The van der Waals surface area contributed by atoms with E-state index in [9.17, 15) is 4.79 Å². The number of fused-ring (bicyclic) bond motifs is 1. The number of halogens is 1. The third-order valence-corrected chi connectivity index (χ3v) is 4.80. The Labute approximate surface area is 161 Å². The van der Waals surface area contributed by atoms with E-state index in [0.29, 0.717) is 29.4 Å². The average molecular weight is 380 g/mol. The van der Waals surface area contributed by atoms with E-state index in [1.807, 2.05) is 54.0 Å². The number of rotatable bonds is 5. The molecule has 3 heterocycles. The first-order chi connectivity index (χ1) is 13.1. The number of hydrogen-bond donors (Lipinski definition) is 1. The molecule has 0 aliphatic rings. The summed E-state index contributed by atoms with van der Waals surface area (Å²) in [7, 11) is 0. The topological polar surface area (TPSA) is 60.1 Å². The molecule has 0 fully saturated rings. The van der Waals surface area contributed by atoms with Crippen molar-refractivity contribution in [2.24, 2.45) is 0 Å². The van der Waals surface area contributed by atoms with Gasteiger partial charge in [-0.15, -0.1) is 0 Å². The summed E-state index contributed by atoms with van der Waals surface area (Å²) in [6.45, 7) is 2.81. The largest absolute Gasteiger partial charge is 0.460 e. The van der Waals surface area contributed by atoms with Gasteiger partial charge in [0.25, 0.3) is 5.91 Å². The highest BCUT2D eigenvalue weighted by atomic mass is 35.5. The maximum Gasteiger partial charge on any atom is 0.268 e. The van der Waals surface area contributed by atoms with E-state index in [2.05, 4.69) is 10.3 Å². The highest BCUT2D eigenvalue weighted by molar-refractivity contribution is 6.31. The zero-order valence-electron chi connectivity index (χ0n) is 14.8. The molecule has 1 aromatic carbocycles. The van der Waals surface area contributed by atoms with Crippen LogP contribution in [0.4, 0.5) is 0 Å². The van der Waals surface area contributed by atoms with E-state index in [4.69, 9.17) is 16.0 Å². The number of carbonyl (C=O) groups is 1. The summed E-state index contributed by atoms with van der Waals surface area (Å²) in [4.78, 5) is 16.8. The minimum Gasteiger partial charge on any atom is -0.460 e. The van der Waals surface area contributed by atoms with Crippen LogP contribution < -0.4 is 5.32 Å². The fraction of sp³-hybridized carbons (Fsp3) is 0.143. The lowest BCUT2D eigenvalue weighted by atomic mass is 10.2. The van der Waals surface area contributed by atoms with Crippen LogP contribution in [-0.2, 0) is 13.1 Å². The van der Waals surface area contributed by atoms with Crippen molar-refractivity contribution in [3.8, 4) is 0 Å². The average Bonchev–Trinajstić information content (AvgIpc) is 3.19. The molecule has 0 bridgehead atoms. The Bertz CT molecular complexity index is 1100. The summed E-state index contributed by atoms with van der Waals surface area (Å²) >= 11 is 6.33. The molecule has 136 valence electrons. The number of aryl methyl sites for hydroxylation is 1. The molecule has 4 rings (SSSR count). The summed E-state index contributed by atoms with van der Waals surface area (Å²) in [5.74, 6) is 0.638. The van der Waals surface area contributed by atoms with E-state index in [0.717, 1.165) is 22.4 Å². The molecule has 3 aromatic heterocycles. The fourth-order valence-corrected chi connectivity index (χ4v) is 3.29. The first-order valence-electron chi connectivity index (χ1n) is 8.62. The second-order valence-corrected chi connectivity index (χ2v) is 6.76. The third kappa shape index (κ3) is 3.59. The second kappa shape index (κ2) is 7.29. The first kappa shape index (κ1) is 17.4. The molecule has 0 radical (unpaired) electrons. The van der Waals surface area contributed by atoms with E-state index < -0.39 is 0 Å². The standard InChI is InChI=1S/C21H18ClN3O2/c1-14-10-18-20(27-14)11-19(21(26)24-12-15-6-8-23-9-7-15)25(18)13-16-4-2-3-5-17(16)22/h2-11H,12-13H2,1H3,(H,24,26). The number of amides is 1. The van der Waals surface area contributed by atoms with Gasteiger partial charge in [0, 0.05) is 42.6 Å². The number of furan rings is 1. The highest BCUT2D eigenvalue weighted by Gasteiger charge is 2.19. The van der Waals surface area contributed by atoms with Gasteiger partial charge >= 0.3 is 0 Å². The molecular formula is C21H18ClN3O2. The van der Waals surface area contributed by atoms with Gasteiger partial charge in [-0.25, -0.2) is 0 Å². The predicted octanol–water partition coefficient (Wildman–Crippen LogP) is 4.57. The minimum atomic E-state index is -0.164. The summed E-state index contributed by atoms with van der Waals surface area (Å²) in [6.07, 6.45) is 3.41. The highest BCUT2D eigenvalue weighted by Crippen LogP contribution is 2.26. The van der Waals surface area contributed by atoms with Crippen LogP contribution in [-0.4, -0.2) is 15.5 Å². The lowest BCUT2D eigenvalue weighted by Gasteiger charge is -2.12. The van der Waals surface area contributed by atoms with Crippen molar-refractivity contribution in [3.05, 3.63) is 88.5 Å². The van der Waals surface area contributed by atoms with Crippen molar-refractivity contribution in [3.63, 3.8) is 0 Å². The van der Waals surface area contributed by atoms with E-state index in [1.54, 1.807) is 18.5 Å². The Balaban J connectivity index is 1.66. The molecule has 0 spiro atoms. The monoisotopic (exact) mass is 379 g/mol. The first-order valence-corrected chi connectivity index (χ1v) is 9.00. The number of nitrogens with zero attached hydrogens (tertiary/aromatic N) is 2. The lowest BCUT2D eigenvalue weighted by Crippen LogP contribution is -2.25. The third-order valence-electron chi connectivity index (χ3n) is 4.43. The predicted molar refractivity (Wildman–Crippen MR) is 105 cm³/mol. The summed E-state index contributed by atoms with van der Waals surface area (Å²) < 4.78 is 7.67. The Hall–Kier alpha value is -3.05. The van der Waals surface area contributed by atoms with Gasteiger partial charge in [0.05, 0.1) is 5.52 Å². The van der Waals surface area contributed by atoms with Gasteiger partial charge in [0.1, 0.15) is 11.5 Å². The maximum atomic E-state index is 12.8. The molecular weight excluding hydrogens is 362 g/mol. The lowest BCUT2D eigenvalue weighted by molar-refractivity contribution is 0.0942. The van der Waals surface area contributed by atoms with Crippen LogP contribution in [0.25, 0.3) is 11.1 Å². The molecule has 0 aliphatic heterocycles. The van der Waals surface area contributed by atoms with Crippen molar-refractivity contribution in [1.29, 1.82) is 0 Å². The van der Waals surface area contributed by atoms with E-state index in [1.165, 1.54) is 0 Å². The molecule has 0 unspecified atom stereocenters. The quantitative estimate of drug-likeness (QED) is 0.552. The van der Waals surface area contributed by atoms with Crippen molar-refractivity contribution < 1.29 is 9.21 Å². The molecule has 1 amide bonds. The maximum absolute atomic E-state index is 12.8. The summed E-state index contributed by atoms with van der Waals surface area (Å²) in [5, 5.41) is 3.63. The number of aromatic nitrogens is 2. The van der Waals surface area contributed by atoms with Crippen LogP contribution >= 0.6 is 11.6 Å². The second-order valence-electron chi connectivity index (χ2n) is 6.35. The SMILES string of the molecule is Cc1cc2c(cc(C(=O)NCc3ccncc3)n2Cc2ccccc2Cl)o1. The van der Waals surface area contributed by atoms with Crippen molar-refractivity contribution in [1.82, 2.24) is 14.9 Å². The number of benzene rings is 1. The van der Waals surface area contributed by atoms with E-state index in [-0.39, 0.29) is 5.91 Å². The number of pyridine rings is 1. The molecule has 6 heteroatoms. The van der Waals surface area contributed by atoms with Gasteiger partial charge in [0.15, 0.2) is 5.58 Å². The molecule has 5 nitrogen and oxygen atoms in total. The van der Waals surface area contributed by atoms with Gasteiger partial charge in [-0.3, -0.25) is 9.78 Å². The summed E-state index contributed by atoms with van der Waals surface area (Å²) in [5.41, 5.74) is 4.04. The molecule has 1 N–H and O–H groups in total. The Morgan fingerprint density at radius 1 is 1.19 bits per heavy atom. The van der Waals surface area contributed by atoms with Gasteiger partial charge in [0.2, 0.25) is 0 Å². The number of hydrogen-bond acceptors (Lipinski definition) is 3. The van der Waals surface area contributed by atoms with Gasteiger partial charge in [-0.05, 0) is 36.2 Å². The van der Waals surface area contributed by atoms with Crippen molar-refractivity contribution in [2.45, 2.75) is 20.0 Å². The van der Waals surface area contributed by atoms with Gasteiger partial charge in [-0.2, -0.15) is 0 Å². The van der Waals surface area contributed by atoms with Crippen LogP contribution in [0.5, 0.6) is 0 Å². The Morgan fingerprint density at radius 2 is 1.96 bits per heavy atom. The van der Waals surface area contributed by atoms with Crippen molar-refractivity contribution in [2.75, 3.05) is 0 Å². The molecule has 0 saturated carbocycles. The molecule has 0 aliphatic carbocycles. The minimum absolute atomic E-state index is 0.164. The number of carbonyl (C=O) groups excluding carboxylic acids is 1. The molecule has 0 atom stereocenters. The van der Waals surface area contributed by atoms with Gasteiger partial charge < -0.3 is 14.3 Å². The van der Waals surface area contributed by atoms with Gasteiger partial charge in [-0.1, -0.05) is 29.8 Å². The normalized spacial score (nSPS) is 11.0. The van der Waals surface area contributed by atoms with Crippen LogP contribution in [0, 0.1) is 6.92 Å². The Morgan fingerprint density at radius 3 is 2.74 bits per heavy atom. The number of nitrogens with one attached hydrogen (secondary N) is 1. The van der Waals surface area contributed by atoms with Crippen LogP contribution in [0.3, 0.4) is 0 Å². The molecule has 0 saturated heterocycles. The zero-order chi connectivity index (χ0) is 18.8. The smallest absolute Gasteiger partial charge is 0.268 e. The van der Waals surface area contributed by atoms with Crippen LogP contribution in [0.15, 0.2) is 65.3 Å². The molecule has 27 heavy (non-hydrogen) atoms. The fourth-order valence-electron chi connectivity index (χ4n) is 3.09. The van der Waals surface area contributed by atoms with E-state index >= 15 is 0 Å². The molecule has 4 aromatic rings. The van der Waals surface area contributed by atoms with Crippen LogP contribution in [0.2, 0.25) is 5.02 Å². The zero-order valence-corrected chi connectivity index (χ0v) is 15.5. The Kier molecular flexibility index (Phi) is 4.69. The van der Waals surface area contributed by atoms with Crippen LogP contribution in [0.1, 0.15) is 27.4 Å². The van der Waals surface area contributed by atoms with Crippen molar-refractivity contribution >= 4 is 28.6 Å². The summed E-state index contributed by atoms with van der Waals surface area (Å²) in [6, 6.07) is 15.1.